The molecular weight excluding hydrogens is 437 g/mol. The van der Waals surface area contributed by atoms with Crippen LogP contribution < -0.4 is 16.4 Å². The average Bonchev–Trinajstić information content (AvgIpc) is 3.14. The molecule has 0 spiro atoms. The number of aliphatic hydroxyl groups is 1. The highest BCUT2D eigenvalue weighted by Crippen LogP contribution is 2.37. The van der Waals surface area contributed by atoms with Crippen molar-refractivity contribution in [2.45, 2.75) is 44.7 Å². The Labute approximate surface area is 189 Å². The van der Waals surface area contributed by atoms with Crippen LogP contribution >= 0.6 is 11.6 Å². The molecule has 170 valence electrons. The van der Waals surface area contributed by atoms with Gasteiger partial charge in [0.2, 0.25) is 17.8 Å². The van der Waals surface area contributed by atoms with E-state index in [1.807, 2.05) is 11.5 Å². The number of anilines is 3. The van der Waals surface area contributed by atoms with Crippen LogP contribution in [0.1, 0.15) is 38.6 Å². The van der Waals surface area contributed by atoms with E-state index in [0.717, 1.165) is 0 Å². The van der Waals surface area contributed by atoms with E-state index in [4.69, 9.17) is 17.3 Å². The average molecular weight is 462 g/mol. The van der Waals surface area contributed by atoms with Crippen molar-refractivity contribution in [2.24, 2.45) is 11.7 Å². The Bertz CT molecular complexity index is 1130. The number of amides is 1. The van der Waals surface area contributed by atoms with Crippen molar-refractivity contribution in [3.8, 4) is 0 Å². The molecule has 11 heteroatoms. The largest absolute Gasteiger partial charge is 0.394 e. The van der Waals surface area contributed by atoms with Crippen LogP contribution in [0.2, 0.25) is 5.02 Å². The molecule has 0 radical (unpaired) electrons. The van der Waals surface area contributed by atoms with E-state index in [9.17, 15) is 14.3 Å². The van der Waals surface area contributed by atoms with Crippen molar-refractivity contribution < 1.29 is 14.3 Å². The van der Waals surface area contributed by atoms with Crippen LogP contribution in [0.15, 0.2) is 24.4 Å². The van der Waals surface area contributed by atoms with Gasteiger partial charge in [0, 0.05) is 18.0 Å². The Morgan fingerprint density at radius 2 is 2.09 bits per heavy atom. The molecule has 5 N–H and O–H groups in total. The maximum absolute atomic E-state index is 14.6. The van der Waals surface area contributed by atoms with Crippen molar-refractivity contribution in [1.29, 1.82) is 0 Å². The second kappa shape index (κ2) is 9.25. The summed E-state index contributed by atoms with van der Waals surface area (Å²) in [6, 6.07) is 4.46. The standard InChI is InChI=1S/C21H25ClFN7O2/c1-11(10-31)26-20-25-9-16-19(29-20)30(13-7-5-12(6-8-13)18(24)32)21(28-16)27-15-4-2-3-14(22)17(15)23/h2-4,9,11-13,31H,5-8,10H2,1H3,(H2,24,32)(H,27,28)(H,25,26,29). The number of aromatic nitrogens is 4. The zero-order chi connectivity index (χ0) is 22.8. The molecule has 0 saturated heterocycles. The summed E-state index contributed by atoms with van der Waals surface area (Å²) in [5.41, 5.74) is 6.79. The molecule has 1 aromatic carbocycles. The lowest BCUT2D eigenvalue weighted by molar-refractivity contribution is -0.122. The van der Waals surface area contributed by atoms with E-state index in [-0.39, 0.29) is 41.2 Å². The normalized spacial score (nSPS) is 19.6. The lowest BCUT2D eigenvalue weighted by Crippen LogP contribution is -2.29. The first-order chi connectivity index (χ1) is 15.4. The third-order valence-electron chi connectivity index (χ3n) is 5.74. The lowest BCUT2D eigenvalue weighted by Gasteiger charge is -2.29. The first-order valence-corrected chi connectivity index (χ1v) is 10.9. The van der Waals surface area contributed by atoms with Crippen molar-refractivity contribution >= 4 is 46.3 Å². The molecule has 2 aromatic heterocycles. The van der Waals surface area contributed by atoms with Gasteiger partial charge in [0.1, 0.15) is 5.52 Å². The van der Waals surface area contributed by atoms with Gasteiger partial charge in [-0.15, -0.1) is 0 Å². The smallest absolute Gasteiger partial charge is 0.225 e. The number of primary amides is 1. The fraction of sp³-hybridized carbons (Fsp3) is 0.429. The molecule has 1 amide bonds. The third-order valence-corrected chi connectivity index (χ3v) is 6.04. The number of carbonyl (C=O) groups is 1. The van der Waals surface area contributed by atoms with Crippen LogP contribution in [0.5, 0.6) is 0 Å². The van der Waals surface area contributed by atoms with E-state index in [0.29, 0.717) is 48.7 Å². The zero-order valence-electron chi connectivity index (χ0n) is 17.6. The molecule has 3 aromatic rings. The molecule has 0 aliphatic heterocycles. The molecule has 32 heavy (non-hydrogen) atoms. The second-order valence-corrected chi connectivity index (χ2v) is 8.48. The van der Waals surface area contributed by atoms with Crippen molar-refractivity contribution in [1.82, 2.24) is 19.5 Å². The van der Waals surface area contributed by atoms with E-state index < -0.39 is 5.82 Å². The molecule has 1 fully saturated rings. The maximum Gasteiger partial charge on any atom is 0.225 e. The summed E-state index contributed by atoms with van der Waals surface area (Å²) in [7, 11) is 0. The minimum Gasteiger partial charge on any atom is -0.394 e. The van der Waals surface area contributed by atoms with Gasteiger partial charge in [0.05, 0.1) is 23.5 Å². The molecule has 2 heterocycles. The van der Waals surface area contributed by atoms with Gasteiger partial charge in [-0.05, 0) is 44.7 Å². The van der Waals surface area contributed by atoms with Gasteiger partial charge in [-0.2, -0.15) is 4.98 Å². The zero-order valence-corrected chi connectivity index (χ0v) is 18.3. The van der Waals surface area contributed by atoms with Gasteiger partial charge in [0.25, 0.3) is 0 Å². The Kier molecular flexibility index (Phi) is 6.43. The Hall–Kier alpha value is -2.98. The fourth-order valence-electron chi connectivity index (χ4n) is 4.00. The van der Waals surface area contributed by atoms with Crippen LogP contribution in [0, 0.1) is 11.7 Å². The van der Waals surface area contributed by atoms with Gasteiger partial charge < -0.3 is 21.5 Å². The third kappa shape index (κ3) is 4.46. The molecule has 1 aliphatic carbocycles. The second-order valence-electron chi connectivity index (χ2n) is 8.07. The van der Waals surface area contributed by atoms with E-state index in [1.165, 1.54) is 6.07 Å². The fourth-order valence-corrected chi connectivity index (χ4v) is 4.17. The lowest BCUT2D eigenvalue weighted by atomic mass is 9.85. The van der Waals surface area contributed by atoms with Gasteiger partial charge in [-0.1, -0.05) is 17.7 Å². The number of benzene rings is 1. The van der Waals surface area contributed by atoms with Gasteiger partial charge in [0.15, 0.2) is 11.5 Å². The summed E-state index contributed by atoms with van der Waals surface area (Å²) in [4.78, 5) is 25.1. The molecular formula is C21H25ClFN7O2. The Morgan fingerprint density at radius 1 is 1.34 bits per heavy atom. The number of nitrogens with two attached hydrogens (primary N) is 1. The minimum absolute atomic E-state index is 0.00361. The Morgan fingerprint density at radius 3 is 2.78 bits per heavy atom. The van der Waals surface area contributed by atoms with E-state index >= 15 is 0 Å². The van der Waals surface area contributed by atoms with Crippen LogP contribution in [-0.2, 0) is 4.79 Å². The molecule has 1 saturated carbocycles. The molecule has 1 aliphatic rings. The summed E-state index contributed by atoms with van der Waals surface area (Å²) >= 11 is 5.94. The molecule has 4 rings (SSSR count). The number of nitrogens with zero attached hydrogens (tertiary/aromatic N) is 4. The van der Waals surface area contributed by atoms with Crippen LogP contribution in [-0.4, -0.2) is 43.2 Å². The van der Waals surface area contributed by atoms with Gasteiger partial charge in [-0.3, -0.25) is 9.36 Å². The summed E-state index contributed by atoms with van der Waals surface area (Å²) in [6.07, 6.45) is 4.29. The number of aliphatic hydroxyl groups excluding tert-OH is 1. The number of rotatable bonds is 7. The number of hydrogen-bond donors (Lipinski definition) is 4. The van der Waals surface area contributed by atoms with Crippen molar-refractivity contribution in [3.05, 3.63) is 35.2 Å². The minimum atomic E-state index is -0.574. The highest BCUT2D eigenvalue weighted by Gasteiger charge is 2.29. The first kappa shape index (κ1) is 22.2. The molecule has 0 bridgehead atoms. The van der Waals surface area contributed by atoms with E-state index in [2.05, 4.69) is 25.6 Å². The van der Waals surface area contributed by atoms with Crippen LogP contribution in [0.25, 0.3) is 11.2 Å². The monoisotopic (exact) mass is 461 g/mol. The summed E-state index contributed by atoms with van der Waals surface area (Å²) in [5.74, 6) is -0.252. The Balaban J connectivity index is 1.75. The quantitative estimate of drug-likeness (QED) is 0.424. The van der Waals surface area contributed by atoms with Gasteiger partial charge in [-0.25, -0.2) is 14.4 Å². The summed E-state index contributed by atoms with van der Waals surface area (Å²) < 4.78 is 16.5. The van der Waals surface area contributed by atoms with Gasteiger partial charge >= 0.3 is 0 Å². The van der Waals surface area contributed by atoms with Crippen molar-refractivity contribution in [2.75, 3.05) is 17.2 Å². The molecule has 1 atom stereocenters. The van der Waals surface area contributed by atoms with E-state index in [1.54, 1.807) is 18.3 Å². The highest BCUT2D eigenvalue weighted by atomic mass is 35.5. The predicted octanol–water partition coefficient (Wildman–Crippen LogP) is 3.37. The van der Waals surface area contributed by atoms with Crippen LogP contribution in [0.4, 0.5) is 22.0 Å². The van der Waals surface area contributed by atoms with Crippen LogP contribution in [0.3, 0.4) is 0 Å². The predicted molar refractivity (Wildman–Crippen MR) is 120 cm³/mol. The summed E-state index contributed by atoms with van der Waals surface area (Å²) in [6.45, 7) is 1.74. The summed E-state index contributed by atoms with van der Waals surface area (Å²) in [5, 5.41) is 15.4. The first-order valence-electron chi connectivity index (χ1n) is 10.5. The number of imidazole rings is 1. The van der Waals surface area contributed by atoms with Crippen molar-refractivity contribution in [3.63, 3.8) is 0 Å². The molecule has 1 unspecified atom stereocenters. The number of hydrogen-bond acceptors (Lipinski definition) is 7. The SMILES string of the molecule is CC(CO)Nc1ncc2nc(Nc3cccc(Cl)c3F)n(C3CCC(C(N)=O)CC3)c2n1. The number of carbonyl (C=O) groups excluding carboxylic acids is 1. The topological polar surface area (TPSA) is 131 Å². The number of nitrogens with one attached hydrogen (secondary N) is 2. The number of fused-ring (bicyclic) bond motifs is 1. The number of halogens is 2. The highest BCUT2D eigenvalue weighted by molar-refractivity contribution is 6.31. The molecule has 9 nitrogen and oxygen atoms in total. The maximum atomic E-state index is 14.6.